The number of aliphatic carboxylic acids is 1. The van der Waals surface area contributed by atoms with E-state index in [2.05, 4.69) is 16.6 Å². The SMILES string of the molecule is C#CCCCCNC(=O)N1CCNC(=O)C1CC(=O)O. The smallest absolute Gasteiger partial charge is 0.318 e. The average Bonchev–Trinajstić information content (AvgIpc) is 2.40. The van der Waals surface area contributed by atoms with Gasteiger partial charge in [-0.3, -0.25) is 9.59 Å². The number of nitrogens with zero attached hydrogens (tertiary/aromatic N) is 1. The maximum absolute atomic E-state index is 12.0. The molecule has 20 heavy (non-hydrogen) atoms. The van der Waals surface area contributed by atoms with Crippen molar-refractivity contribution in [1.82, 2.24) is 15.5 Å². The Morgan fingerprint density at radius 3 is 2.90 bits per heavy atom. The summed E-state index contributed by atoms with van der Waals surface area (Å²) < 4.78 is 0. The molecule has 0 spiro atoms. The monoisotopic (exact) mass is 281 g/mol. The standard InChI is InChI=1S/C13H19N3O4/c1-2-3-4-5-6-15-13(20)16-8-7-14-12(19)10(16)9-11(17)18/h1,10H,3-9H2,(H,14,19)(H,15,20)(H,17,18). The topological polar surface area (TPSA) is 98.7 Å². The maximum Gasteiger partial charge on any atom is 0.318 e. The lowest BCUT2D eigenvalue weighted by atomic mass is 10.1. The first-order chi connectivity index (χ1) is 9.56. The molecular weight excluding hydrogens is 262 g/mol. The van der Waals surface area contributed by atoms with Gasteiger partial charge >= 0.3 is 12.0 Å². The van der Waals surface area contributed by atoms with E-state index in [1.807, 2.05) is 0 Å². The Bertz CT molecular complexity index is 416. The number of rotatable bonds is 6. The first-order valence-electron chi connectivity index (χ1n) is 6.53. The number of unbranched alkanes of at least 4 members (excludes halogenated alkanes) is 2. The quantitative estimate of drug-likeness (QED) is 0.463. The summed E-state index contributed by atoms with van der Waals surface area (Å²) in [6.07, 6.45) is 6.95. The van der Waals surface area contributed by atoms with E-state index in [-0.39, 0.29) is 0 Å². The first-order valence-corrected chi connectivity index (χ1v) is 6.53. The van der Waals surface area contributed by atoms with Crippen LogP contribution in [0.25, 0.3) is 0 Å². The minimum atomic E-state index is -1.11. The van der Waals surface area contributed by atoms with Crippen LogP contribution in [0.2, 0.25) is 0 Å². The predicted octanol–water partition coefficient (Wildman–Crippen LogP) is -0.225. The molecule has 110 valence electrons. The molecule has 0 aromatic heterocycles. The van der Waals surface area contributed by atoms with Crippen LogP contribution < -0.4 is 10.6 Å². The molecule has 0 bridgehead atoms. The van der Waals surface area contributed by atoms with Crippen LogP contribution in [-0.4, -0.2) is 53.6 Å². The molecule has 3 N–H and O–H groups in total. The van der Waals surface area contributed by atoms with Crippen molar-refractivity contribution < 1.29 is 19.5 Å². The molecule has 0 radical (unpaired) electrons. The Labute approximate surface area is 117 Å². The van der Waals surface area contributed by atoms with E-state index in [0.29, 0.717) is 26.1 Å². The van der Waals surface area contributed by atoms with Crippen molar-refractivity contribution in [3.8, 4) is 12.3 Å². The highest BCUT2D eigenvalue weighted by atomic mass is 16.4. The Morgan fingerprint density at radius 2 is 2.25 bits per heavy atom. The van der Waals surface area contributed by atoms with Gasteiger partial charge in [0.15, 0.2) is 0 Å². The molecule has 1 fully saturated rings. The molecule has 0 aliphatic carbocycles. The normalized spacial score (nSPS) is 18.1. The van der Waals surface area contributed by atoms with Gasteiger partial charge in [0.2, 0.25) is 5.91 Å². The first kappa shape index (κ1) is 15.8. The minimum Gasteiger partial charge on any atom is -0.481 e. The van der Waals surface area contributed by atoms with Crippen LogP contribution in [0.1, 0.15) is 25.7 Å². The predicted molar refractivity (Wildman–Crippen MR) is 71.8 cm³/mol. The summed E-state index contributed by atoms with van der Waals surface area (Å²) in [5, 5.41) is 14.0. The highest BCUT2D eigenvalue weighted by Crippen LogP contribution is 2.09. The summed E-state index contributed by atoms with van der Waals surface area (Å²) >= 11 is 0. The summed E-state index contributed by atoms with van der Waals surface area (Å²) in [6, 6.07) is -1.36. The Kier molecular flexibility index (Phi) is 6.37. The second-order valence-electron chi connectivity index (χ2n) is 4.49. The molecule has 1 atom stereocenters. The summed E-state index contributed by atoms with van der Waals surface area (Å²) in [4.78, 5) is 35.6. The number of urea groups is 1. The van der Waals surface area contributed by atoms with E-state index in [4.69, 9.17) is 11.5 Å². The van der Waals surface area contributed by atoms with Gasteiger partial charge in [0.25, 0.3) is 0 Å². The van der Waals surface area contributed by atoms with Crippen LogP contribution in [-0.2, 0) is 9.59 Å². The molecule has 1 aliphatic rings. The molecule has 0 saturated carbocycles. The van der Waals surface area contributed by atoms with Gasteiger partial charge in [-0.25, -0.2) is 4.79 Å². The van der Waals surface area contributed by atoms with Crippen molar-refractivity contribution in [3.63, 3.8) is 0 Å². The zero-order chi connectivity index (χ0) is 15.0. The molecule has 0 aromatic rings. The third-order valence-electron chi connectivity index (χ3n) is 2.98. The second-order valence-corrected chi connectivity index (χ2v) is 4.49. The third kappa shape index (κ3) is 4.80. The molecule has 1 rings (SSSR count). The van der Waals surface area contributed by atoms with Crippen molar-refractivity contribution in [2.24, 2.45) is 0 Å². The lowest BCUT2D eigenvalue weighted by Gasteiger charge is -2.34. The van der Waals surface area contributed by atoms with Crippen molar-refractivity contribution in [1.29, 1.82) is 0 Å². The Hall–Kier alpha value is -2.23. The van der Waals surface area contributed by atoms with Gasteiger partial charge in [0, 0.05) is 26.1 Å². The summed E-state index contributed by atoms with van der Waals surface area (Å²) in [5.74, 6) is 0.971. The number of terminal acetylenes is 1. The van der Waals surface area contributed by atoms with Crippen LogP contribution >= 0.6 is 0 Å². The van der Waals surface area contributed by atoms with Gasteiger partial charge in [-0.2, -0.15) is 0 Å². The number of carboxylic acids is 1. The van der Waals surface area contributed by atoms with Crippen molar-refractivity contribution in [3.05, 3.63) is 0 Å². The highest BCUT2D eigenvalue weighted by molar-refractivity contribution is 5.91. The molecule has 1 saturated heterocycles. The van der Waals surface area contributed by atoms with Gasteiger partial charge in [-0.15, -0.1) is 12.3 Å². The summed E-state index contributed by atoms with van der Waals surface area (Å²) in [6.45, 7) is 1.10. The number of hydrogen-bond acceptors (Lipinski definition) is 3. The Balaban J connectivity index is 2.48. The number of carbonyl (C=O) groups is 3. The van der Waals surface area contributed by atoms with Crippen molar-refractivity contribution in [2.45, 2.75) is 31.7 Å². The minimum absolute atomic E-state index is 0.305. The van der Waals surface area contributed by atoms with Gasteiger partial charge in [0.05, 0.1) is 6.42 Å². The number of piperazine rings is 1. The lowest BCUT2D eigenvalue weighted by molar-refractivity contribution is -0.142. The Morgan fingerprint density at radius 1 is 1.50 bits per heavy atom. The van der Waals surface area contributed by atoms with Crippen LogP contribution in [0.15, 0.2) is 0 Å². The van der Waals surface area contributed by atoms with Crippen LogP contribution in [0.4, 0.5) is 4.79 Å². The molecule has 3 amide bonds. The van der Waals surface area contributed by atoms with Crippen LogP contribution in [0, 0.1) is 12.3 Å². The fraction of sp³-hybridized carbons (Fsp3) is 0.615. The average molecular weight is 281 g/mol. The zero-order valence-electron chi connectivity index (χ0n) is 11.2. The van der Waals surface area contributed by atoms with Gasteiger partial charge in [-0.1, -0.05) is 0 Å². The fourth-order valence-corrected chi connectivity index (χ4v) is 1.98. The largest absolute Gasteiger partial charge is 0.481 e. The zero-order valence-corrected chi connectivity index (χ0v) is 11.2. The molecular formula is C13H19N3O4. The third-order valence-corrected chi connectivity index (χ3v) is 2.98. The number of hydrogen-bond donors (Lipinski definition) is 3. The van der Waals surface area contributed by atoms with E-state index in [1.54, 1.807) is 0 Å². The van der Waals surface area contributed by atoms with Crippen molar-refractivity contribution in [2.75, 3.05) is 19.6 Å². The molecule has 1 aliphatic heterocycles. The van der Waals surface area contributed by atoms with Crippen molar-refractivity contribution >= 4 is 17.9 Å². The lowest BCUT2D eigenvalue weighted by Crippen LogP contribution is -2.60. The maximum atomic E-state index is 12.0. The molecule has 0 aromatic carbocycles. The molecule has 1 heterocycles. The van der Waals surface area contributed by atoms with E-state index in [0.717, 1.165) is 12.8 Å². The van der Waals surface area contributed by atoms with E-state index in [1.165, 1.54) is 4.90 Å². The van der Waals surface area contributed by atoms with Crippen LogP contribution in [0.3, 0.4) is 0 Å². The van der Waals surface area contributed by atoms with Gasteiger partial charge in [0.1, 0.15) is 6.04 Å². The fourth-order valence-electron chi connectivity index (χ4n) is 1.98. The summed E-state index contributed by atoms with van der Waals surface area (Å²) in [5.41, 5.74) is 0. The van der Waals surface area contributed by atoms with Gasteiger partial charge < -0.3 is 20.6 Å². The van der Waals surface area contributed by atoms with E-state index < -0.39 is 30.4 Å². The number of carbonyl (C=O) groups excluding carboxylic acids is 2. The second kappa shape index (κ2) is 8.04. The molecule has 7 heteroatoms. The van der Waals surface area contributed by atoms with Crippen LogP contribution in [0.5, 0.6) is 0 Å². The molecule has 1 unspecified atom stereocenters. The summed E-state index contributed by atoms with van der Waals surface area (Å²) in [7, 11) is 0. The van der Waals surface area contributed by atoms with E-state index in [9.17, 15) is 14.4 Å². The van der Waals surface area contributed by atoms with E-state index >= 15 is 0 Å². The number of carboxylic acid groups (broad SMARTS) is 1. The van der Waals surface area contributed by atoms with Gasteiger partial charge in [-0.05, 0) is 12.8 Å². The molecule has 7 nitrogen and oxygen atoms in total. The highest BCUT2D eigenvalue weighted by Gasteiger charge is 2.34. The number of amides is 3. The number of nitrogens with one attached hydrogen (secondary N) is 2.